The Morgan fingerprint density at radius 3 is 1.38 bits per heavy atom. The molecule has 370 valence electrons. The standard InChI is InChI=1S/C68H75BN4/c1-62(2,3)44-27-30-47(31-28-44)70-58-41-49(72-55-25-16-14-23-51(55)65(10)35-19-37-67(65,72)12)32-34-54(58)69-53-33-29-46(64(7,8)9)40-57(53)71(48-22-18-21-45(39-48)63(4,5)6)60-43-50(42-59(70)61(60)69)73-56-26-17-15-24-52(56)66(11)36-20-38-68(66,73)13/h14-18,21-34,39-43H,19-20,35-38H2,1-13H3. The van der Waals surface area contributed by atoms with Gasteiger partial charge in [-0.05, 0) is 167 Å². The number of benzene rings is 7. The number of rotatable bonds is 4. The van der Waals surface area contributed by atoms with Gasteiger partial charge in [-0.25, -0.2) is 0 Å². The molecule has 2 saturated carbocycles. The quantitative estimate of drug-likeness (QED) is 0.163. The van der Waals surface area contributed by atoms with E-state index < -0.39 is 0 Å². The highest BCUT2D eigenvalue weighted by atomic mass is 15.3. The van der Waals surface area contributed by atoms with Crippen molar-refractivity contribution in [3.05, 3.63) is 173 Å². The molecule has 0 amide bonds. The van der Waals surface area contributed by atoms with Crippen LogP contribution in [0.2, 0.25) is 0 Å². The van der Waals surface area contributed by atoms with E-state index in [1.807, 2.05) is 0 Å². The lowest BCUT2D eigenvalue weighted by molar-refractivity contribution is 0.330. The molecule has 0 spiro atoms. The summed E-state index contributed by atoms with van der Waals surface area (Å²) in [7, 11) is 0. The van der Waals surface area contributed by atoms with E-state index in [-0.39, 0.29) is 44.9 Å². The Hall–Kier alpha value is -6.20. The van der Waals surface area contributed by atoms with Gasteiger partial charge in [0.25, 0.3) is 6.71 Å². The van der Waals surface area contributed by atoms with Gasteiger partial charge in [-0.3, -0.25) is 0 Å². The van der Waals surface area contributed by atoms with E-state index >= 15 is 0 Å². The van der Waals surface area contributed by atoms with E-state index in [9.17, 15) is 0 Å². The summed E-state index contributed by atoms with van der Waals surface area (Å²) in [6.07, 6.45) is 7.14. The number of para-hydroxylation sites is 2. The van der Waals surface area contributed by atoms with Crippen molar-refractivity contribution in [2.45, 2.75) is 167 Å². The van der Waals surface area contributed by atoms with Gasteiger partial charge in [0.2, 0.25) is 0 Å². The fraction of sp³-hybridized carbons (Fsp3) is 0.382. The van der Waals surface area contributed by atoms with Crippen LogP contribution in [0.25, 0.3) is 0 Å². The van der Waals surface area contributed by atoms with Gasteiger partial charge in [-0.1, -0.05) is 168 Å². The van der Waals surface area contributed by atoms with Crippen LogP contribution in [-0.2, 0) is 27.1 Å². The molecule has 0 bridgehead atoms. The smallest absolute Gasteiger partial charge is 0.252 e. The van der Waals surface area contributed by atoms with Crippen molar-refractivity contribution in [2.24, 2.45) is 0 Å². The average Bonchev–Trinajstić information content (AvgIpc) is 3.96. The molecule has 13 rings (SSSR count). The Balaban J connectivity index is 1.14. The second-order valence-corrected chi connectivity index (χ2v) is 27.0. The second kappa shape index (κ2) is 15.2. The predicted octanol–water partition coefficient (Wildman–Crippen LogP) is 16.4. The maximum atomic E-state index is 2.79. The van der Waals surface area contributed by atoms with Crippen molar-refractivity contribution >= 4 is 80.0 Å². The first kappa shape index (κ1) is 46.6. The van der Waals surface area contributed by atoms with Gasteiger partial charge in [0, 0.05) is 67.7 Å². The van der Waals surface area contributed by atoms with Crippen molar-refractivity contribution in [2.75, 3.05) is 19.6 Å². The molecule has 4 atom stereocenters. The number of hydrogen-bond donors (Lipinski definition) is 0. The summed E-state index contributed by atoms with van der Waals surface area (Å²) < 4.78 is 0. The average molecular weight is 959 g/mol. The normalized spacial score (nSPS) is 24.5. The third kappa shape index (κ3) is 6.32. The van der Waals surface area contributed by atoms with Crippen LogP contribution in [0.3, 0.4) is 0 Å². The molecule has 4 aliphatic heterocycles. The third-order valence-electron chi connectivity index (χ3n) is 19.9. The lowest BCUT2D eigenvalue weighted by atomic mass is 9.33. The summed E-state index contributed by atoms with van der Waals surface area (Å²) in [5.41, 5.74) is 23.7. The third-order valence-corrected chi connectivity index (χ3v) is 19.9. The van der Waals surface area contributed by atoms with Crippen LogP contribution in [0.4, 0.5) is 56.9 Å². The number of fused-ring (bicyclic) bond motifs is 10. The first-order chi connectivity index (χ1) is 34.6. The van der Waals surface area contributed by atoms with Crippen LogP contribution in [0, 0.1) is 0 Å². The molecule has 4 nitrogen and oxygen atoms in total. The fourth-order valence-electron chi connectivity index (χ4n) is 15.4. The molecule has 2 fully saturated rings. The van der Waals surface area contributed by atoms with E-state index in [0.717, 1.165) is 12.8 Å². The summed E-state index contributed by atoms with van der Waals surface area (Å²) in [5, 5.41) is 0. The van der Waals surface area contributed by atoms with Crippen LogP contribution >= 0.6 is 0 Å². The molecule has 7 aromatic rings. The Bertz CT molecular complexity index is 3420. The summed E-state index contributed by atoms with van der Waals surface area (Å²) in [6.45, 7) is 31.3. The van der Waals surface area contributed by atoms with Crippen LogP contribution in [-0.4, -0.2) is 17.8 Å². The summed E-state index contributed by atoms with van der Waals surface area (Å²) in [6, 6.07) is 58.0. The van der Waals surface area contributed by atoms with Crippen molar-refractivity contribution in [1.82, 2.24) is 0 Å². The minimum atomic E-state index is -0.106. The van der Waals surface area contributed by atoms with Crippen molar-refractivity contribution in [3.8, 4) is 0 Å². The summed E-state index contributed by atoms with van der Waals surface area (Å²) in [4.78, 5) is 10.9. The van der Waals surface area contributed by atoms with Gasteiger partial charge in [0.05, 0.1) is 11.1 Å². The number of anilines is 10. The topological polar surface area (TPSA) is 13.0 Å². The van der Waals surface area contributed by atoms with E-state index in [0.29, 0.717) is 0 Å². The van der Waals surface area contributed by atoms with E-state index in [2.05, 4.69) is 255 Å². The Kier molecular flexibility index (Phi) is 9.70. The molecule has 2 aliphatic carbocycles. The van der Waals surface area contributed by atoms with Gasteiger partial charge >= 0.3 is 0 Å². The highest BCUT2D eigenvalue weighted by Gasteiger charge is 2.61. The molecule has 0 saturated heterocycles. The first-order valence-corrected chi connectivity index (χ1v) is 27.6. The molecule has 0 radical (unpaired) electrons. The van der Waals surface area contributed by atoms with Crippen molar-refractivity contribution < 1.29 is 0 Å². The predicted molar refractivity (Wildman–Crippen MR) is 313 cm³/mol. The highest BCUT2D eigenvalue weighted by molar-refractivity contribution is 7.00. The summed E-state index contributed by atoms with van der Waals surface area (Å²) in [5.74, 6) is 0. The lowest BCUT2D eigenvalue weighted by Crippen LogP contribution is -2.61. The zero-order valence-electron chi connectivity index (χ0n) is 46.0. The molecule has 0 N–H and O–H groups in total. The van der Waals surface area contributed by atoms with Crippen molar-refractivity contribution in [1.29, 1.82) is 0 Å². The molecule has 6 aliphatic rings. The minimum absolute atomic E-state index is 0.00402. The fourth-order valence-corrected chi connectivity index (χ4v) is 15.4. The molecular formula is C68H75BN4. The molecule has 4 unspecified atom stereocenters. The largest absolute Gasteiger partial charge is 0.334 e. The maximum Gasteiger partial charge on any atom is 0.252 e. The van der Waals surface area contributed by atoms with Crippen LogP contribution in [0.15, 0.2) is 146 Å². The Morgan fingerprint density at radius 1 is 0.370 bits per heavy atom. The minimum Gasteiger partial charge on any atom is -0.334 e. The number of nitrogens with zero attached hydrogens (tertiary/aromatic N) is 4. The highest BCUT2D eigenvalue weighted by Crippen LogP contribution is 2.65. The summed E-state index contributed by atoms with van der Waals surface area (Å²) >= 11 is 0. The Morgan fingerprint density at radius 2 is 0.822 bits per heavy atom. The monoisotopic (exact) mass is 959 g/mol. The van der Waals surface area contributed by atoms with Gasteiger partial charge in [-0.15, -0.1) is 0 Å². The van der Waals surface area contributed by atoms with Crippen LogP contribution in [0.1, 0.15) is 156 Å². The molecule has 7 aromatic carbocycles. The zero-order chi connectivity index (χ0) is 51.0. The van der Waals surface area contributed by atoms with E-state index in [1.54, 1.807) is 0 Å². The second-order valence-electron chi connectivity index (χ2n) is 27.0. The van der Waals surface area contributed by atoms with Gasteiger partial charge < -0.3 is 19.6 Å². The maximum absolute atomic E-state index is 2.79. The SMILES string of the molecule is CC(C)(C)c1ccc(N2c3cc(N4c5ccccc5C5(C)CCCC45C)ccc3B3c4ccc(C(C)(C)C)cc4N(c4cccc(C(C)(C)C)c4)c4cc(N5c6ccccc6C6(C)CCCC56C)cc2c43)cc1. The molecule has 4 heterocycles. The number of hydrogen-bond acceptors (Lipinski definition) is 4. The first-order valence-electron chi connectivity index (χ1n) is 27.6. The molecule has 0 aromatic heterocycles. The van der Waals surface area contributed by atoms with Crippen molar-refractivity contribution in [3.63, 3.8) is 0 Å². The van der Waals surface area contributed by atoms with E-state index in [1.165, 1.54) is 127 Å². The van der Waals surface area contributed by atoms with Gasteiger partial charge in [0.1, 0.15) is 0 Å². The molecule has 5 heteroatoms. The molecule has 73 heavy (non-hydrogen) atoms. The Labute approximate surface area is 437 Å². The van der Waals surface area contributed by atoms with Gasteiger partial charge in [-0.2, -0.15) is 0 Å². The van der Waals surface area contributed by atoms with Crippen LogP contribution in [0.5, 0.6) is 0 Å². The van der Waals surface area contributed by atoms with Gasteiger partial charge in [0.15, 0.2) is 0 Å². The zero-order valence-corrected chi connectivity index (χ0v) is 46.0. The van der Waals surface area contributed by atoms with Crippen LogP contribution < -0.4 is 36.0 Å². The lowest BCUT2D eigenvalue weighted by Gasteiger charge is -2.47. The molecular weight excluding hydrogens is 884 g/mol. The van der Waals surface area contributed by atoms with E-state index in [4.69, 9.17) is 0 Å².